The molecule has 1 aromatic rings. The Morgan fingerprint density at radius 3 is 2.76 bits per heavy atom. The third kappa shape index (κ3) is 2.65. The molecule has 0 N–H and O–H groups in total. The number of anilines is 1. The average Bonchev–Trinajstić information content (AvgIpc) is 2.29. The van der Waals surface area contributed by atoms with Gasteiger partial charge in [0.05, 0.1) is 0 Å². The van der Waals surface area contributed by atoms with Crippen LogP contribution >= 0.6 is 0 Å². The first-order chi connectivity index (χ1) is 8.24. The fourth-order valence-electron chi connectivity index (χ4n) is 2.34. The molecule has 1 aliphatic rings. The Bertz CT molecular complexity index is 399. The summed E-state index contributed by atoms with van der Waals surface area (Å²) < 4.78 is 0. The maximum absolute atomic E-state index is 10.7. The smallest absolute Gasteiger partial charge is 0.151 e. The van der Waals surface area contributed by atoms with Gasteiger partial charge in [-0.1, -0.05) is 6.42 Å². The summed E-state index contributed by atoms with van der Waals surface area (Å²) in [6.45, 7) is 6.27. The van der Waals surface area contributed by atoms with E-state index in [1.165, 1.54) is 19.3 Å². The second-order valence-electron chi connectivity index (χ2n) is 4.86. The Balaban J connectivity index is 2.14. The van der Waals surface area contributed by atoms with E-state index < -0.39 is 0 Å². The Kier molecular flexibility index (Phi) is 3.77. The van der Waals surface area contributed by atoms with Crippen LogP contribution in [0.1, 0.15) is 42.1 Å². The van der Waals surface area contributed by atoms with Crippen LogP contribution in [0.5, 0.6) is 0 Å². The first kappa shape index (κ1) is 12.1. The number of hydrogen-bond donors (Lipinski definition) is 0. The Hall–Kier alpha value is -1.38. The number of aryl methyl sites for hydroxylation is 1. The van der Waals surface area contributed by atoms with Gasteiger partial charge in [0.2, 0.25) is 0 Å². The van der Waals surface area contributed by atoms with Gasteiger partial charge in [0.15, 0.2) is 6.29 Å². The summed E-state index contributed by atoms with van der Waals surface area (Å²) in [6, 6.07) is 1.92. The highest BCUT2D eigenvalue weighted by molar-refractivity contribution is 5.75. The van der Waals surface area contributed by atoms with Gasteiger partial charge >= 0.3 is 0 Å². The van der Waals surface area contributed by atoms with E-state index in [0.29, 0.717) is 5.56 Å². The third-order valence-corrected chi connectivity index (χ3v) is 3.59. The molecule has 3 nitrogen and oxygen atoms in total. The number of carbonyl (C=O) groups is 1. The molecule has 1 heterocycles. The minimum atomic E-state index is 0.658. The van der Waals surface area contributed by atoms with Gasteiger partial charge in [-0.05, 0) is 44.2 Å². The number of carbonyl (C=O) groups excluding carboxylic acids is 1. The lowest BCUT2D eigenvalue weighted by Gasteiger charge is -2.33. The van der Waals surface area contributed by atoms with Crippen LogP contribution in [0.2, 0.25) is 0 Å². The van der Waals surface area contributed by atoms with E-state index in [2.05, 4.69) is 16.8 Å². The van der Waals surface area contributed by atoms with Gasteiger partial charge in [0, 0.05) is 24.8 Å². The van der Waals surface area contributed by atoms with E-state index >= 15 is 0 Å². The number of nitrogens with zero attached hydrogens (tertiary/aromatic N) is 2. The molecule has 0 atom stereocenters. The second kappa shape index (κ2) is 5.30. The standard InChI is InChI=1S/C14H20N2O/c1-3-16(9-12-5-4-6-12)14-11(2)7-13(10-17)8-15-14/h7-8,10,12H,3-6,9H2,1-2H3. The summed E-state index contributed by atoms with van der Waals surface area (Å²) in [5, 5.41) is 0. The zero-order chi connectivity index (χ0) is 12.3. The Morgan fingerprint density at radius 1 is 1.53 bits per heavy atom. The summed E-state index contributed by atoms with van der Waals surface area (Å²) >= 11 is 0. The molecule has 1 saturated carbocycles. The van der Waals surface area contributed by atoms with Crippen LogP contribution in [0.25, 0.3) is 0 Å². The zero-order valence-corrected chi connectivity index (χ0v) is 10.6. The normalized spacial score (nSPS) is 15.4. The van der Waals surface area contributed by atoms with Crippen molar-refractivity contribution in [3.05, 3.63) is 23.4 Å². The Morgan fingerprint density at radius 2 is 2.29 bits per heavy atom. The van der Waals surface area contributed by atoms with Crippen LogP contribution < -0.4 is 4.90 Å². The summed E-state index contributed by atoms with van der Waals surface area (Å²) in [7, 11) is 0. The molecule has 0 unspecified atom stereocenters. The largest absolute Gasteiger partial charge is 0.356 e. The van der Waals surface area contributed by atoms with Crippen molar-refractivity contribution < 1.29 is 4.79 Å². The molecule has 0 bridgehead atoms. The number of pyridine rings is 1. The lowest BCUT2D eigenvalue weighted by Crippen LogP contribution is -2.33. The monoisotopic (exact) mass is 232 g/mol. The van der Waals surface area contributed by atoms with Crippen molar-refractivity contribution in [2.75, 3.05) is 18.0 Å². The summed E-state index contributed by atoms with van der Waals surface area (Å²) in [5.74, 6) is 1.87. The molecule has 0 spiro atoms. The van der Waals surface area contributed by atoms with Gasteiger partial charge in [-0.3, -0.25) is 4.79 Å². The van der Waals surface area contributed by atoms with Gasteiger partial charge in [-0.25, -0.2) is 4.98 Å². The van der Waals surface area contributed by atoms with Crippen LogP contribution in [0.4, 0.5) is 5.82 Å². The molecule has 0 aliphatic heterocycles. The fourth-order valence-corrected chi connectivity index (χ4v) is 2.34. The molecule has 0 aromatic carbocycles. The van der Waals surface area contributed by atoms with Gasteiger partial charge in [0.25, 0.3) is 0 Å². The van der Waals surface area contributed by atoms with Crippen LogP contribution in [-0.4, -0.2) is 24.4 Å². The maximum atomic E-state index is 10.7. The van der Waals surface area contributed by atoms with Gasteiger partial charge in [-0.2, -0.15) is 0 Å². The molecule has 1 aromatic heterocycles. The van der Waals surface area contributed by atoms with E-state index in [9.17, 15) is 4.79 Å². The zero-order valence-electron chi connectivity index (χ0n) is 10.6. The second-order valence-corrected chi connectivity index (χ2v) is 4.86. The van der Waals surface area contributed by atoms with Gasteiger partial charge in [0.1, 0.15) is 5.82 Å². The number of hydrogen-bond acceptors (Lipinski definition) is 3. The van der Waals surface area contributed by atoms with E-state index in [4.69, 9.17) is 0 Å². The molecule has 17 heavy (non-hydrogen) atoms. The predicted molar refractivity (Wildman–Crippen MR) is 69.6 cm³/mol. The summed E-state index contributed by atoms with van der Waals surface area (Å²) in [4.78, 5) is 17.4. The van der Waals surface area contributed by atoms with Crippen molar-refractivity contribution in [1.29, 1.82) is 0 Å². The average molecular weight is 232 g/mol. The van der Waals surface area contributed by atoms with Crippen LogP contribution in [-0.2, 0) is 0 Å². The van der Waals surface area contributed by atoms with E-state index in [1.807, 2.05) is 13.0 Å². The minimum Gasteiger partial charge on any atom is -0.356 e. The maximum Gasteiger partial charge on any atom is 0.151 e. The fraction of sp³-hybridized carbons (Fsp3) is 0.571. The molecular formula is C14H20N2O. The minimum absolute atomic E-state index is 0.658. The third-order valence-electron chi connectivity index (χ3n) is 3.59. The van der Waals surface area contributed by atoms with Crippen molar-refractivity contribution >= 4 is 12.1 Å². The van der Waals surface area contributed by atoms with E-state index in [-0.39, 0.29) is 0 Å². The van der Waals surface area contributed by atoms with E-state index in [1.54, 1.807) is 6.20 Å². The highest BCUT2D eigenvalue weighted by atomic mass is 16.1. The Labute approximate surface area is 103 Å². The first-order valence-corrected chi connectivity index (χ1v) is 6.41. The number of aldehydes is 1. The lowest BCUT2D eigenvalue weighted by atomic mass is 9.85. The topological polar surface area (TPSA) is 33.2 Å². The summed E-state index contributed by atoms with van der Waals surface area (Å²) in [6.07, 6.45) is 6.59. The number of rotatable bonds is 5. The van der Waals surface area contributed by atoms with Crippen LogP contribution in [0, 0.1) is 12.8 Å². The first-order valence-electron chi connectivity index (χ1n) is 6.41. The quantitative estimate of drug-likeness (QED) is 0.732. The van der Waals surface area contributed by atoms with E-state index in [0.717, 1.165) is 36.7 Å². The highest BCUT2D eigenvalue weighted by Crippen LogP contribution is 2.29. The highest BCUT2D eigenvalue weighted by Gasteiger charge is 2.21. The van der Waals surface area contributed by atoms with Crippen LogP contribution in [0.15, 0.2) is 12.3 Å². The van der Waals surface area contributed by atoms with Crippen molar-refractivity contribution in [2.45, 2.75) is 33.1 Å². The van der Waals surface area contributed by atoms with Crippen molar-refractivity contribution in [3.8, 4) is 0 Å². The summed E-state index contributed by atoms with van der Waals surface area (Å²) in [5.41, 5.74) is 1.75. The van der Waals surface area contributed by atoms with Crippen molar-refractivity contribution in [1.82, 2.24) is 4.98 Å². The number of aromatic nitrogens is 1. The lowest BCUT2D eigenvalue weighted by molar-refractivity contribution is 0.112. The SMILES string of the molecule is CCN(CC1CCC1)c1ncc(C=O)cc1C. The van der Waals surface area contributed by atoms with Crippen molar-refractivity contribution in [3.63, 3.8) is 0 Å². The molecule has 2 rings (SSSR count). The van der Waals surface area contributed by atoms with Gasteiger partial charge in [-0.15, -0.1) is 0 Å². The molecule has 3 heteroatoms. The molecule has 1 fully saturated rings. The molecule has 1 aliphatic carbocycles. The predicted octanol–water partition coefficient (Wildman–Crippen LogP) is 2.83. The molecule has 0 saturated heterocycles. The molecular weight excluding hydrogens is 212 g/mol. The molecule has 0 amide bonds. The van der Waals surface area contributed by atoms with Crippen molar-refractivity contribution in [2.24, 2.45) is 5.92 Å². The molecule has 0 radical (unpaired) electrons. The van der Waals surface area contributed by atoms with Crippen LogP contribution in [0.3, 0.4) is 0 Å². The molecule has 92 valence electrons. The van der Waals surface area contributed by atoms with Gasteiger partial charge < -0.3 is 4.90 Å².